The maximum absolute atomic E-state index is 5.80. The summed E-state index contributed by atoms with van der Waals surface area (Å²) in [7, 11) is 0. The molecule has 0 saturated heterocycles. The zero-order chi connectivity index (χ0) is 14.6. The number of unbranched alkanes of at least 4 members (excludes halogenated alkanes) is 6. The van der Waals surface area contributed by atoms with Crippen LogP contribution >= 0.6 is 0 Å². The first kappa shape index (κ1) is 17.1. The molecule has 0 saturated carbocycles. The SMILES string of the molecule is CCCCCCCCc1ccc(OCCCC)c(C)c1. The standard InChI is InChI=1S/C19H32O/c1-4-6-8-9-10-11-12-18-13-14-19(17(3)16-18)20-15-7-5-2/h13-14,16H,4-12,15H2,1-3H3. The molecular formula is C19H32O. The van der Waals surface area contributed by atoms with Crippen LogP contribution in [0, 0.1) is 6.92 Å². The van der Waals surface area contributed by atoms with Crippen LogP contribution in [0.4, 0.5) is 0 Å². The molecule has 1 heteroatoms. The summed E-state index contributed by atoms with van der Waals surface area (Å²) in [5, 5.41) is 0. The maximum atomic E-state index is 5.80. The van der Waals surface area contributed by atoms with Crippen molar-refractivity contribution in [2.24, 2.45) is 0 Å². The van der Waals surface area contributed by atoms with Crippen molar-refractivity contribution in [1.29, 1.82) is 0 Å². The van der Waals surface area contributed by atoms with Crippen molar-refractivity contribution in [1.82, 2.24) is 0 Å². The summed E-state index contributed by atoms with van der Waals surface area (Å²) in [5.41, 5.74) is 2.74. The normalized spacial score (nSPS) is 10.8. The van der Waals surface area contributed by atoms with E-state index in [0.717, 1.165) is 18.8 Å². The van der Waals surface area contributed by atoms with Gasteiger partial charge in [-0.1, -0.05) is 64.5 Å². The lowest BCUT2D eigenvalue weighted by Crippen LogP contribution is -1.98. The molecule has 0 fully saturated rings. The molecule has 0 aliphatic carbocycles. The van der Waals surface area contributed by atoms with Gasteiger partial charge in [-0.05, 0) is 43.4 Å². The highest BCUT2D eigenvalue weighted by atomic mass is 16.5. The van der Waals surface area contributed by atoms with Crippen LogP contribution in [-0.4, -0.2) is 6.61 Å². The zero-order valence-electron chi connectivity index (χ0n) is 13.7. The average Bonchev–Trinajstić information content (AvgIpc) is 2.45. The monoisotopic (exact) mass is 276 g/mol. The number of rotatable bonds is 11. The van der Waals surface area contributed by atoms with Gasteiger partial charge >= 0.3 is 0 Å². The van der Waals surface area contributed by atoms with E-state index < -0.39 is 0 Å². The molecule has 0 N–H and O–H groups in total. The lowest BCUT2D eigenvalue weighted by molar-refractivity contribution is 0.307. The number of aryl methyl sites for hydroxylation is 2. The fraction of sp³-hybridized carbons (Fsp3) is 0.684. The molecule has 20 heavy (non-hydrogen) atoms. The lowest BCUT2D eigenvalue weighted by Gasteiger charge is -2.10. The van der Waals surface area contributed by atoms with Crippen LogP contribution in [0.1, 0.15) is 76.3 Å². The van der Waals surface area contributed by atoms with Gasteiger partial charge in [-0.25, -0.2) is 0 Å². The van der Waals surface area contributed by atoms with Gasteiger partial charge in [0, 0.05) is 0 Å². The van der Waals surface area contributed by atoms with Crippen LogP contribution < -0.4 is 4.74 Å². The number of hydrogen-bond donors (Lipinski definition) is 0. The van der Waals surface area contributed by atoms with Crippen LogP contribution in [0.15, 0.2) is 18.2 Å². The van der Waals surface area contributed by atoms with E-state index in [2.05, 4.69) is 39.0 Å². The largest absolute Gasteiger partial charge is 0.493 e. The maximum Gasteiger partial charge on any atom is 0.122 e. The second kappa shape index (κ2) is 10.8. The number of ether oxygens (including phenoxy) is 1. The highest BCUT2D eigenvalue weighted by Gasteiger charge is 2.01. The van der Waals surface area contributed by atoms with E-state index in [1.54, 1.807) is 0 Å². The summed E-state index contributed by atoms with van der Waals surface area (Å²) in [6, 6.07) is 6.69. The van der Waals surface area contributed by atoms with Gasteiger partial charge in [-0.15, -0.1) is 0 Å². The summed E-state index contributed by atoms with van der Waals surface area (Å²) >= 11 is 0. The third-order valence-corrected chi connectivity index (χ3v) is 3.81. The van der Waals surface area contributed by atoms with E-state index >= 15 is 0 Å². The fourth-order valence-corrected chi connectivity index (χ4v) is 2.46. The average molecular weight is 276 g/mol. The van der Waals surface area contributed by atoms with E-state index in [0.29, 0.717) is 0 Å². The van der Waals surface area contributed by atoms with Gasteiger partial charge in [0.15, 0.2) is 0 Å². The van der Waals surface area contributed by atoms with Gasteiger partial charge in [-0.2, -0.15) is 0 Å². The first-order chi connectivity index (χ1) is 9.77. The molecule has 0 radical (unpaired) electrons. The Bertz CT molecular complexity index is 357. The Morgan fingerprint density at radius 2 is 1.55 bits per heavy atom. The third kappa shape index (κ3) is 6.98. The molecule has 0 aliphatic rings. The summed E-state index contributed by atoms with van der Waals surface area (Å²) < 4.78 is 5.80. The Hall–Kier alpha value is -0.980. The molecule has 0 amide bonds. The Morgan fingerprint density at radius 3 is 2.25 bits per heavy atom. The zero-order valence-corrected chi connectivity index (χ0v) is 13.7. The molecule has 0 bridgehead atoms. The predicted molar refractivity (Wildman–Crippen MR) is 88.7 cm³/mol. The Morgan fingerprint density at radius 1 is 0.850 bits per heavy atom. The highest BCUT2D eigenvalue weighted by molar-refractivity contribution is 5.36. The minimum absolute atomic E-state index is 0.841. The van der Waals surface area contributed by atoms with Crippen molar-refractivity contribution >= 4 is 0 Å². The molecule has 114 valence electrons. The summed E-state index contributed by atoms with van der Waals surface area (Å²) in [4.78, 5) is 0. The van der Waals surface area contributed by atoms with E-state index in [-0.39, 0.29) is 0 Å². The first-order valence-corrected chi connectivity index (χ1v) is 8.50. The van der Waals surface area contributed by atoms with Crippen LogP contribution in [0.3, 0.4) is 0 Å². The molecule has 0 spiro atoms. The molecule has 0 aromatic heterocycles. The first-order valence-electron chi connectivity index (χ1n) is 8.50. The van der Waals surface area contributed by atoms with Crippen molar-refractivity contribution in [3.8, 4) is 5.75 Å². The minimum atomic E-state index is 0.841. The quantitative estimate of drug-likeness (QED) is 0.445. The van der Waals surface area contributed by atoms with Gasteiger partial charge in [0.1, 0.15) is 5.75 Å². The van der Waals surface area contributed by atoms with Crippen molar-refractivity contribution < 1.29 is 4.74 Å². The molecule has 0 unspecified atom stereocenters. The number of benzene rings is 1. The smallest absolute Gasteiger partial charge is 0.122 e. The summed E-state index contributed by atoms with van der Waals surface area (Å²) in [6.45, 7) is 7.47. The van der Waals surface area contributed by atoms with Crippen LogP contribution in [-0.2, 0) is 6.42 Å². The second-order valence-electron chi connectivity index (χ2n) is 5.82. The van der Waals surface area contributed by atoms with Crippen LogP contribution in [0.2, 0.25) is 0 Å². The van der Waals surface area contributed by atoms with Crippen molar-refractivity contribution in [2.75, 3.05) is 6.61 Å². The van der Waals surface area contributed by atoms with Crippen molar-refractivity contribution in [2.45, 2.75) is 78.6 Å². The summed E-state index contributed by atoms with van der Waals surface area (Å²) in [5.74, 6) is 1.06. The summed E-state index contributed by atoms with van der Waals surface area (Å²) in [6.07, 6.45) is 11.7. The Balaban J connectivity index is 2.28. The molecule has 1 aromatic carbocycles. The second-order valence-corrected chi connectivity index (χ2v) is 5.82. The molecule has 1 rings (SSSR count). The molecule has 1 nitrogen and oxygen atoms in total. The van der Waals surface area contributed by atoms with Crippen molar-refractivity contribution in [3.05, 3.63) is 29.3 Å². The van der Waals surface area contributed by atoms with E-state index in [1.165, 1.54) is 62.5 Å². The Labute approximate surface area is 125 Å². The van der Waals surface area contributed by atoms with Crippen LogP contribution in [0.5, 0.6) is 5.75 Å². The van der Waals surface area contributed by atoms with Gasteiger partial charge in [0.25, 0.3) is 0 Å². The van der Waals surface area contributed by atoms with Gasteiger partial charge in [0.2, 0.25) is 0 Å². The lowest BCUT2D eigenvalue weighted by atomic mass is 10.0. The minimum Gasteiger partial charge on any atom is -0.493 e. The van der Waals surface area contributed by atoms with Crippen molar-refractivity contribution in [3.63, 3.8) is 0 Å². The molecule has 0 aliphatic heterocycles. The molecule has 0 heterocycles. The van der Waals surface area contributed by atoms with Gasteiger partial charge in [0.05, 0.1) is 6.61 Å². The van der Waals surface area contributed by atoms with E-state index in [9.17, 15) is 0 Å². The van der Waals surface area contributed by atoms with Gasteiger partial charge in [-0.3, -0.25) is 0 Å². The molecule has 1 aromatic rings. The molecular weight excluding hydrogens is 244 g/mol. The third-order valence-electron chi connectivity index (χ3n) is 3.81. The Kier molecular flexibility index (Phi) is 9.19. The van der Waals surface area contributed by atoms with Crippen LogP contribution in [0.25, 0.3) is 0 Å². The van der Waals surface area contributed by atoms with Gasteiger partial charge < -0.3 is 4.74 Å². The highest BCUT2D eigenvalue weighted by Crippen LogP contribution is 2.21. The number of hydrogen-bond acceptors (Lipinski definition) is 1. The topological polar surface area (TPSA) is 9.23 Å². The predicted octanol–water partition coefficient (Wildman–Crippen LogP) is 6.08. The van der Waals surface area contributed by atoms with E-state index in [4.69, 9.17) is 4.74 Å². The fourth-order valence-electron chi connectivity index (χ4n) is 2.46. The molecule has 0 atom stereocenters. The van der Waals surface area contributed by atoms with E-state index in [1.807, 2.05) is 0 Å².